The summed E-state index contributed by atoms with van der Waals surface area (Å²) in [6, 6.07) is 10.1. The molecule has 0 atom stereocenters. The monoisotopic (exact) mass is 294 g/mol. The third-order valence-corrected chi connectivity index (χ3v) is 4.36. The molecule has 1 N–H and O–H groups in total. The minimum absolute atomic E-state index is 0.0248. The van der Waals surface area contributed by atoms with Crippen molar-refractivity contribution < 1.29 is 0 Å². The van der Waals surface area contributed by atoms with Gasteiger partial charge in [-0.15, -0.1) is 0 Å². The maximum atomic E-state index is 12.8. The smallest absolute Gasteiger partial charge is 0.277 e. The van der Waals surface area contributed by atoms with Gasteiger partial charge in [0.1, 0.15) is 0 Å². The Morgan fingerprint density at radius 1 is 1.23 bits per heavy atom. The lowest BCUT2D eigenvalue weighted by Crippen LogP contribution is -2.34. The van der Waals surface area contributed by atoms with Crippen molar-refractivity contribution in [2.45, 2.75) is 19.9 Å². The van der Waals surface area contributed by atoms with Crippen molar-refractivity contribution in [1.29, 1.82) is 0 Å². The summed E-state index contributed by atoms with van der Waals surface area (Å²) in [4.78, 5) is 19.8. The lowest BCUT2D eigenvalue weighted by atomic mass is 10.1. The summed E-state index contributed by atoms with van der Waals surface area (Å²) in [5.41, 5.74) is 5.57. The van der Waals surface area contributed by atoms with E-state index in [1.165, 1.54) is 0 Å². The van der Waals surface area contributed by atoms with E-state index in [1.807, 2.05) is 32.2 Å². The van der Waals surface area contributed by atoms with E-state index >= 15 is 0 Å². The Hall–Kier alpha value is -2.40. The molecule has 3 aromatic rings. The first-order valence-corrected chi connectivity index (χ1v) is 7.52. The molecule has 4 rings (SSSR count). The summed E-state index contributed by atoms with van der Waals surface area (Å²) in [5, 5.41) is 3.18. The van der Waals surface area contributed by atoms with Crippen LogP contribution >= 0.6 is 0 Å². The van der Waals surface area contributed by atoms with E-state index in [2.05, 4.69) is 22.1 Å². The van der Waals surface area contributed by atoms with Gasteiger partial charge in [0, 0.05) is 30.8 Å². The number of hydrogen-bond donors (Lipinski definition) is 1. The molecule has 0 saturated carbocycles. The molecule has 2 aromatic heterocycles. The van der Waals surface area contributed by atoms with Gasteiger partial charge in [0.25, 0.3) is 5.56 Å². The third-order valence-electron chi connectivity index (χ3n) is 4.36. The van der Waals surface area contributed by atoms with E-state index in [9.17, 15) is 4.79 Å². The fraction of sp³-hybridized carbons (Fsp3) is 0.294. The van der Waals surface area contributed by atoms with Gasteiger partial charge < -0.3 is 4.90 Å². The maximum Gasteiger partial charge on any atom is 0.277 e. The molecular weight excluding hydrogens is 276 g/mol. The number of benzene rings is 1. The molecule has 0 bridgehead atoms. The van der Waals surface area contributed by atoms with Crippen LogP contribution in [0.25, 0.3) is 16.8 Å². The Labute approximate surface area is 128 Å². The van der Waals surface area contributed by atoms with Crippen molar-refractivity contribution in [3.05, 3.63) is 57.6 Å². The van der Waals surface area contributed by atoms with E-state index in [4.69, 9.17) is 4.98 Å². The number of nitrogens with one attached hydrogen (secondary N) is 1. The second-order valence-electron chi connectivity index (χ2n) is 5.97. The molecule has 0 amide bonds. The number of nitrogens with zero attached hydrogens (tertiary/aromatic N) is 3. The van der Waals surface area contributed by atoms with Crippen LogP contribution in [-0.4, -0.2) is 33.1 Å². The van der Waals surface area contributed by atoms with Gasteiger partial charge in [-0.1, -0.05) is 30.3 Å². The number of fused-ring (bicyclic) bond motifs is 2. The molecule has 0 saturated heterocycles. The van der Waals surface area contributed by atoms with Gasteiger partial charge in [0.15, 0.2) is 5.65 Å². The number of likely N-dealkylation sites (N-methyl/N-ethyl adjacent to an activating group) is 1. The summed E-state index contributed by atoms with van der Waals surface area (Å²) in [7, 11) is 2.03. The predicted octanol–water partition coefficient (Wildman–Crippen LogP) is 1.99. The summed E-state index contributed by atoms with van der Waals surface area (Å²) >= 11 is 0. The topological polar surface area (TPSA) is 53.4 Å². The largest absolute Gasteiger partial charge is 0.301 e. The number of aromatic nitrogens is 3. The predicted molar refractivity (Wildman–Crippen MR) is 86.0 cm³/mol. The van der Waals surface area contributed by atoms with Crippen molar-refractivity contribution in [3.8, 4) is 11.1 Å². The van der Waals surface area contributed by atoms with Crippen molar-refractivity contribution in [1.82, 2.24) is 19.5 Å². The Bertz CT molecular complexity index is 908. The molecular formula is C17H18N4O. The first-order chi connectivity index (χ1) is 10.6. The van der Waals surface area contributed by atoms with E-state index in [0.717, 1.165) is 46.7 Å². The summed E-state index contributed by atoms with van der Waals surface area (Å²) in [6.45, 7) is 3.60. The SMILES string of the molecule is Cc1[nH]n2c(=O)c3c(nc2c1-c1ccccc1)CCN(C)C3. The zero-order valence-electron chi connectivity index (χ0n) is 12.8. The van der Waals surface area contributed by atoms with Gasteiger partial charge >= 0.3 is 0 Å². The van der Waals surface area contributed by atoms with Gasteiger partial charge in [-0.05, 0) is 19.5 Å². The van der Waals surface area contributed by atoms with E-state index in [1.54, 1.807) is 4.52 Å². The molecule has 0 radical (unpaired) electrons. The quantitative estimate of drug-likeness (QED) is 0.747. The van der Waals surface area contributed by atoms with Gasteiger partial charge in [0.05, 0.1) is 11.3 Å². The zero-order chi connectivity index (χ0) is 15.3. The summed E-state index contributed by atoms with van der Waals surface area (Å²) in [5.74, 6) is 0. The van der Waals surface area contributed by atoms with Crippen LogP contribution in [0.5, 0.6) is 0 Å². The highest BCUT2D eigenvalue weighted by molar-refractivity contribution is 5.79. The summed E-state index contributed by atoms with van der Waals surface area (Å²) in [6.07, 6.45) is 0.829. The van der Waals surface area contributed by atoms with Crippen molar-refractivity contribution in [3.63, 3.8) is 0 Å². The third kappa shape index (κ3) is 1.89. The standard InChI is InChI=1S/C17H18N4O/c1-11-15(12-6-4-3-5-7-12)16-18-14-8-9-20(2)10-13(14)17(22)21(16)19-11/h3-7,19H,8-10H2,1-2H3. The van der Waals surface area contributed by atoms with Gasteiger partial charge in [-0.3, -0.25) is 9.89 Å². The molecule has 5 nitrogen and oxygen atoms in total. The fourth-order valence-electron chi connectivity index (χ4n) is 3.22. The van der Waals surface area contributed by atoms with Crippen LogP contribution in [-0.2, 0) is 13.0 Å². The minimum atomic E-state index is 0.0248. The molecule has 1 aliphatic rings. The lowest BCUT2D eigenvalue weighted by molar-refractivity contribution is 0.307. The number of aromatic amines is 1. The number of aryl methyl sites for hydroxylation is 1. The second-order valence-corrected chi connectivity index (χ2v) is 5.97. The molecule has 0 unspecified atom stereocenters. The van der Waals surface area contributed by atoms with Crippen LogP contribution in [0.2, 0.25) is 0 Å². The average Bonchev–Trinajstić information content (AvgIpc) is 2.86. The summed E-state index contributed by atoms with van der Waals surface area (Å²) < 4.78 is 1.59. The Morgan fingerprint density at radius 2 is 2.00 bits per heavy atom. The highest BCUT2D eigenvalue weighted by Crippen LogP contribution is 2.27. The molecule has 0 spiro atoms. The molecule has 5 heteroatoms. The average molecular weight is 294 g/mol. The normalized spacial score (nSPS) is 15.2. The van der Waals surface area contributed by atoms with Crippen LogP contribution in [0, 0.1) is 6.92 Å². The van der Waals surface area contributed by atoms with Gasteiger partial charge in [-0.2, -0.15) is 0 Å². The first kappa shape index (κ1) is 13.3. The maximum absolute atomic E-state index is 12.8. The zero-order valence-corrected chi connectivity index (χ0v) is 12.8. The number of hydrogen-bond acceptors (Lipinski definition) is 3. The highest BCUT2D eigenvalue weighted by Gasteiger charge is 2.22. The number of H-pyrrole nitrogens is 1. The van der Waals surface area contributed by atoms with Crippen LogP contribution in [0.15, 0.2) is 35.1 Å². The van der Waals surface area contributed by atoms with Crippen LogP contribution < -0.4 is 5.56 Å². The van der Waals surface area contributed by atoms with Gasteiger partial charge in [-0.25, -0.2) is 9.50 Å². The molecule has 22 heavy (non-hydrogen) atoms. The van der Waals surface area contributed by atoms with Crippen molar-refractivity contribution in [2.24, 2.45) is 0 Å². The minimum Gasteiger partial charge on any atom is -0.301 e. The van der Waals surface area contributed by atoms with Crippen LogP contribution in [0.4, 0.5) is 0 Å². The van der Waals surface area contributed by atoms with E-state index < -0.39 is 0 Å². The molecule has 1 aliphatic heterocycles. The molecule has 1 aromatic carbocycles. The second kappa shape index (κ2) is 4.81. The Kier molecular flexibility index (Phi) is 2.90. The van der Waals surface area contributed by atoms with E-state index in [-0.39, 0.29) is 5.56 Å². The van der Waals surface area contributed by atoms with Crippen LogP contribution in [0.1, 0.15) is 17.0 Å². The van der Waals surface area contributed by atoms with Crippen molar-refractivity contribution >= 4 is 5.65 Å². The highest BCUT2D eigenvalue weighted by atomic mass is 16.1. The molecule has 3 heterocycles. The molecule has 0 fully saturated rings. The lowest BCUT2D eigenvalue weighted by Gasteiger charge is -2.23. The van der Waals surface area contributed by atoms with Gasteiger partial charge in [0.2, 0.25) is 0 Å². The molecule has 112 valence electrons. The molecule has 0 aliphatic carbocycles. The van der Waals surface area contributed by atoms with E-state index in [0.29, 0.717) is 6.54 Å². The van der Waals surface area contributed by atoms with Crippen LogP contribution in [0.3, 0.4) is 0 Å². The Balaban J connectivity index is 2.03. The fourth-order valence-corrected chi connectivity index (χ4v) is 3.22. The first-order valence-electron chi connectivity index (χ1n) is 7.52. The van der Waals surface area contributed by atoms with Crippen molar-refractivity contribution in [2.75, 3.05) is 13.6 Å². The number of rotatable bonds is 1. The Morgan fingerprint density at radius 3 is 2.77 bits per heavy atom.